The fraction of sp³-hybridized carbons (Fsp3) is 0.429. The second kappa shape index (κ2) is 7.10. The van der Waals surface area contributed by atoms with Gasteiger partial charge in [0, 0.05) is 19.8 Å². The molecular formula is C14H23N. The predicted octanol–water partition coefficient (Wildman–Crippen LogP) is 4.07. The van der Waals surface area contributed by atoms with Gasteiger partial charge in [0.15, 0.2) is 0 Å². The van der Waals surface area contributed by atoms with Gasteiger partial charge in [0.25, 0.3) is 0 Å². The van der Waals surface area contributed by atoms with E-state index < -0.39 is 0 Å². The van der Waals surface area contributed by atoms with Crippen LogP contribution in [0.3, 0.4) is 0 Å². The van der Waals surface area contributed by atoms with Crippen molar-refractivity contribution >= 4 is 5.69 Å². The highest BCUT2D eigenvalue weighted by Crippen LogP contribution is 2.21. The van der Waals surface area contributed by atoms with Crippen LogP contribution in [0.4, 0.5) is 5.69 Å². The average molecular weight is 205 g/mol. The first kappa shape index (κ1) is 13.8. The molecule has 1 nitrogen and oxygen atoms in total. The van der Waals surface area contributed by atoms with E-state index in [0.717, 1.165) is 0 Å². The van der Waals surface area contributed by atoms with Crippen molar-refractivity contribution in [2.45, 2.75) is 26.2 Å². The van der Waals surface area contributed by atoms with Crippen LogP contribution in [-0.4, -0.2) is 14.1 Å². The minimum atomic E-state index is 0.677. The van der Waals surface area contributed by atoms with Crippen LogP contribution in [0.15, 0.2) is 37.4 Å². The summed E-state index contributed by atoms with van der Waals surface area (Å²) in [7, 11) is 4.14. The predicted molar refractivity (Wildman–Crippen MR) is 70.7 cm³/mol. The molecule has 0 amide bonds. The number of nitrogens with zero attached hydrogens (tertiary/aromatic N) is 1. The maximum absolute atomic E-state index is 3.00. The first-order valence-electron chi connectivity index (χ1n) is 5.42. The Kier molecular flexibility index (Phi) is 6.52. The smallest absolute Gasteiger partial charge is 0.0361 e. The lowest BCUT2D eigenvalue weighted by molar-refractivity contribution is 0.733. The van der Waals surface area contributed by atoms with Gasteiger partial charge in [-0.15, -0.1) is 13.2 Å². The molecule has 0 aliphatic rings. The molecule has 84 valence electrons. The summed E-state index contributed by atoms with van der Waals surface area (Å²) >= 11 is 0. The zero-order valence-electron chi connectivity index (χ0n) is 10.5. The molecule has 1 unspecified atom stereocenters. The van der Waals surface area contributed by atoms with Gasteiger partial charge in [-0.25, -0.2) is 0 Å². The van der Waals surface area contributed by atoms with Crippen LogP contribution >= 0.6 is 0 Å². The second-order valence-corrected chi connectivity index (χ2v) is 3.80. The van der Waals surface area contributed by atoms with Crippen molar-refractivity contribution in [3.8, 4) is 0 Å². The molecule has 0 radical (unpaired) electrons. The third kappa shape index (κ3) is 4.20. The van der Waals surface area contributed by atoms with Gasteiger partial charge in [-0.1, -0.05) is 26.0 Å². The van der Waals surface area contributed by atoms with E-state index in [1.54, 1.807) is 0 Å². The van der Waals surface area contributed by atoms with Gasteiger partial charge in [-0.3, -0.25) is 0 Å². The summed E-state index contributed by atoms with van der Waals surface area (Å²) in [5.74, 6) is 0.677. The van der Waals surface area contributed by atoms with Crippen LogP contribution in [0, 0.1) is 0 Å². The van der Waals surface area contributed by atoms with Gasteiger partial charge in [-0.05, 0) is 30.0 Å². The summed E-state index contributed by atoms with van der Waals surface area (Å²) in [5.41, 5.74) is 2.71. The Balaban J connectivity index is 0.000000921. The number of anilines is 1. The van der Waals surface area contributed by atoms with E-state index in [1.165, 1.54) is 17.7 Å². The lowest BCUT2D eigenvalue weighted by Crippen LogP contribution is -2.08. The summed E-state index contributed by atoms with van der Waals surface area (Å²) in [6.45, 7) is 10.5. The SMILES string of the molecule is C=C.CCC(C)c1ccc(N(C)C)cc1. The van der Waals surface area contributed by atoms with E-state index in [2.05, 4.69) is 70.3 Å². The lowest BCUT2D eigenvalue weighted by atomic mass is 9.98. The van der Waals surface area contributed by atoms with Crippen molar-refractivity contribution in [3.63, 3.8) is 0 Å². The van der Waals surface area contributed by atoms with Crippen molar-refractivity contribution in [2.24, 2.45) is 0 Å². The number of rotatable bonds is 3. The largest absolute Gasteiger partial charge is 0.378 e. The first-order chi connectivity index (χ1) is 7.15. The molecule has 1 aromatic carbocycles. The molecular weight excluding hydrogens is 182 g/mol. The number of hydrogen-bond acceptors (Lipinski definition) is 1. The van der Waals surface area contributed by atoms with Crippen molar-refractivity contribution in [2.75, 3.05) is 19.0 Å². The van der Waals surface area contributed by atoms with Crippen LogP contribution in [0.5, 0.6) is 0 Å². The molecule has 0 fully saturated rings. The molecule has 0 N–H and O–H groups in total. The van der Waals surface area contributed by atoms with Crippen molar-refractivity contribution < 1.29 is 0 Å². The van der Waals surface area contributed by atoms with Crippen LogP contribution < -0.4 is 4.90 Å². The third-order valence-electron chi connectivity index (χ3n) is 2.59. The maximum Gasteiger partial charge on any atom is 0.0361 e. The Morgan fingerprint density at radius 3 is 1.93 bits per heavy atom. The van der Waals surface area contributed by atoms with E-state index in [4.69, 9.17) is 0 Å². The van der Waals surface area contributed by atoms with Gasteiger partial charge in [-0.2, -0.15) is 0 Å². The van der Waals surface area contributed by atoms with E-state index in [1.807, 2.05) is 0 Å². The molecule has 1 heteroatoms. The van der Waals surface area contributed by atoms with Gasteiger partial charge in [0.05, 0.1) is 0 Å². The highest BCUT2D eigenvalue weighted by atomic mass is 15.1. The molecule has 0 aliphatic carbocycles. The van der Waals surface area contributed by atoms with E-state index >= 15 is 0 Å². The molecule has 0 spiro atoms. The topological polar surface area (TPSA) is 3.24 Å². The number of hydrogen-bond donors (Lipinski definition) is 0. The van der Waals surface area contributed by atoms with Crippen molar-refractivity contribution in [3.05, 3.63) is 43.0 Å². The molecule has 0 heterocycles. The van der Waals surface area contributed by atoms with Crippen molar-refractivity contribution in [1.82, 2.24) is 0 Å². The maximum atomic E-state index is 3.00. The molecule has 0 saturated carbocycles. The van der Waals surface area contributed by atoms with E-state index in [9.17, 15) is 0 Å². The Morgan fingerprint density at radius 1 is 1.13 bits per heavy atom. The zero-order chi connectivity index (χ0) is 11.8. The normalized spacial score (nSPS) is 11.2. The Labute approximate surface area is 94.4 Å². The minimum absolute atomic E-state index is 0.677. The average Bonchev–Trinajstić information content (AvgIpc) is 2.31. The summed E-state index contributed by atoms with van der Waals surface area (Å²) < 4.78 is 0. The molecule has 1 atom stereocenters. The van der Waals surface area contributed by atoms with E-state index in [0.29, 0.717) is 5.92 Å². The van der Waals surface area contributed by atoms with Crippen LogP contribution in [0.1, 0.15) is 31.7 Å². The summed E-state index contributed by atoms with van der Waals surface area (Å²) in [6, 6.07) is 8.82. The Bertz CT molecular complexity index is 261. The zero-order valence-corrected chi connectivity index (χ0v) is 10.5. The summed E-state index contributed by atoms with van der Waals surface area (Å²) in [4.78, 5) is 2.13. The van der Waals surface area contributed by atoms with Gasteiger partial charge in [0.1, 0.15) is 0 Å². The Morgan fingerprint density at radius 2 is 1.60 bits per heavy atom. The highest BCUT2D eigenvalue weighted by Gasteiger charge is 2.02. The molecule has 15 heavy (non-hydrogen) atoms. The van der Waals surface area contributed by atoms with Gasteiger partial charge >= 0.3 is 0 Å². The lowest BCUT2D eigenvalue weighted by Gasteiger charge is -2.14. The summed E-state index contributed by atoms with van der Waals surface area (Å²) in [5, 5.41) is 0. The monoisotopic (exact) mass is 205 g/mol. The molecule has 0 saturated heterocycles. The van der Waals surface area contributed by atoms with Gasteiger partial charge in [0.2, 0.25) is 0 Å². The van der Waals surface area contributed by atoms with Crippen LogP contribution in [-0.2, 0) is 0 Å². The number of benzene rings is 1. The van der Waals surface area contributed by atoms with Crippen LogP contribution in [0.25, 0.3) is 0 Å². The molecule has 1 aromatic rings. The molecule has 0 bridgehead atoms. The standard InChI is InChI=1S/C12H19N.C2H4/c1-5-10(2)11-6-8-12(9-7-11)13(3)4;1-2/h6-10H,5H2,1-4H3;1-2H2. The third-order valence-corrected chi connectivity index (χ3v) is 2.59. The van der Waals surface area contributed by atoms with E-state index in [-0.39, 0.29) is 0 Å². The first-order valence-corrected chi connectivity index (χ1v) is 5.42. The minimum Gasteiger partial charge on any atom is -0.378 e. The quantitative estimate of drug-likeness (QED) is 0.672. The van der Waals surface area contributed by atoms with Crippen LogP contribution in [0.2, 0.25) is 0 Å². The van der Waals surface area contributed by atoms with Crippen molar-refractivity contribution in [1.29, 1.82) is 0 Å². The Hall–Kier alpha value is -1.24. The second-order valence-electron chi connectivity index (χ2n) is 3.80. The molecule has 1 rings (SSSR count). The highest BCUT2D eigenvalue weighted by molar-refractivity contribution is 5.46. The molecule has 0 aromatic heterocycles. The fourth-order valence-corrected chi connectivity index (χ4v) is 1.34. The van der Waals surface area contributed by atoms with Gasteiger partial charge < -0.3 is 4.90 Å². The fourth-order valence-electron chi connectivity index (χ4n) is 1.34. The summed E-state index contributed by atoms with van der Waals surface area (Å²) in [6.07, 6.45) is 1.21. The molecule has 0 aliphatic heterocycles.